The number of methoxy groups -OCH3 is 1. The van der Waals surface area contributed by atoms with Crippen LogP contribution in [-0.4, -0.2) is 32.4 Å². The van der Waals surface area contributed by atoms with Gasteiger partial charge in [0.25, 0.3) is 0 Å². The van der Waals surface area contributed by atoms with Crippen molar-refractivity contribution >= 4 is 15.7 Å². The first-order valence-corrected chi connectivity index (χ1v) is 11.2. The largest absolute Gasteiger partial charge is 0.493 e. The van der Waals surface area contributed by atoms with Gasteiger partial charge in [0.15, 0.2) is 32.3 Å². The number of carbonyl (C=O) groups is 1. The van der Waals surface area contributed by atoms with Crippen molar-refractivity contribution < 1.29 is 22.7 Å². The molecule has 1 saturated heterocycles. The fraction of sp³-hybridized carbons (Fsp3) is 0.409. The van der Waals surface area contributed by atoms with Gasteiger partial charge in [-0.05, 0) is 36.6 Å². The Labute approximate surface area is 171 Å². The van der Waals surface area contributed by atoms with Gasteiger partial charge in [0.05, 0.1) is 12.0 Å². The predicted molar refractivity (Wildman–Crippen MR) is 109 cm³/mol. The molecule has 0 aromatic heterocycles. The van der Waals surface area contributed by atoms with E-state index in [-0.39, 0.29) is 4.90 Å². The second kappa shape index (κ2) is 6.76. The molecule has 29 heavy (non-hydrogen) atoms. The Kier molecular flexibility index (Phi) is 4.61. The second-order valence-corrected chi connectivity index (χ2v) is 10.3. The van der Waals surface area contributed by atoms with Crippen LogP contribution in [0.5, 0.6) is 11.5 Å². The van der Waals surface area contributed by atoms with Gasteiger partial charge in [0.2, 0.25) is 5.91 Å². The van der Waals surface area contributed by atoms with Crippen LogP contribution in [0.2, 0.25) is 0 Å². The zero-order valence-corrected chi connectivity index (χ0v) is 17.7. The first-order valence-electron chi connectivity index (χ1n) is 9.68. The Morgan fingerprint density at radius 2 is 1.86 bits per heavy atom. The van der Waals surface area contributed by atoms with E-state index in [0.717, 1.165) is 5.56 Å². The molecule has 0 aliphatic carbocycles. The summed E-state index contributed by atoms with van der Waals surface area (Å²) < 4.78 is 38.5. The van der Waals surface area contributed by atoms with Crippen LogP contribution in [0.4, 0.5) is 0 Å². The first-order chi connectivity index (χ1) is 13.7. The van der Waals surface area contributed by atoms with Gasteiger partial charge in [-0.15, -0.1) is 0 Å². The Balaban J connectivity index is 1.82. The predicted octanol–water partition coefficient (Wildman–Crippen LogP) is 3.37. The van der Waals surface area contributed by atoms with Crippen LogP contribution < -0.4 is 14.8 Å². The van der Waals surface area contributed by atoms with Crippen LogP contribution in [0.1, 0.15) is 50.2 Å². The van der Waals surface area contributed by atoms with E-state index in [1.54, 1.807) is 31.2 Å². The molecule has 4 rings (SSSR count). The topological polar surface area (TPSA) is 81.7 Å². The maximum atomic E-state index is 13.5. The number of hydrogen-bond donors (Lipinski definition) is 1. The maximum Gasteiger partial charge on any atom is 0.242 e. The van der Waals surface area contributed by atoms with Crippen LogP contribution in [0.25, 0.3) is 0 Å². The molecule has 154 valence electrons. The normalized spacial score (nSPS) is 25.8. The lowest BCUT2D eigenvalue weighted by molar-refractivity contribution is -0.132. The summed E-state index contributed by atoms with van der Waals surface area (Å²) >= 11 is 0. The summed E-state index contributed by atoms with van der Waals surface area (Å²) in [6.45, 7) is 5.85. The molecule has 2 bridgehead atoms. The van der Waals surface area contributed by atoms with Crippen molar-refractivity contribution in [3.05, 3.63) is 53.6 Å². The number of fused-ring (bicyclic) bond motifs is 4. The summed E-state index contributed by atoms with van der Waals surface area (Å²) in [5.41, 5.74) is 0.756. The lowest BCUT2D eigenvalue weighted by Gasteiger charge is -2.47. The minimum atomic E-state index is -3.90. The van der Waals surface area contributed by atoms with Crippen molar-refractivity contribution in [2.45, 2.75) is 54.9 Å². The number of hydrogen-bond acceptors (Lipinski definition) is 5. The number of benzene rings is 2. The van der Waals surface area contributed by atoms with E-state index < -0.39 is 32.6 Å². The summed E-state index contributed by atoms with van der Waals surface area (Å²) in [5, 5.41) is 1.55. The standard InChI is InChI=1S/C22H25NO5S/c1-13(2)14-8-10-15(11-9-14)29(25,26)20-17-12-22(3,23-21(20)24)28-19-16(17)6-5-7-18(19)27-4/h5-11,13,17,20H,12H2,1-4H3,(H,23,24)/t17-,20-,22+/m1/s1. The number of piperidine rings is 1. The molecule has 6 nitrogen and oxygen atoms in total. The zero-order chi connectivity index (χ0) is 21.0. The van der Waals surface area contributed by atoms with Crippen molar-refractivity contribution in [3.8, 4) is 11.5 Å². The number of carbonyl (C=O) groups excluding carboxylic acids is 1. The molecule has 2 aromatic rings. The first kappa shape index (κ1) is 19.8. The second-order valence-electron chi connectivity index (χ2n) is 8.20. The molecule has 2 aromatic carbocycles. The summed E-state index contributed by atoms with van der Waals surface area (Å²) in [5.74, 6) is 0.240. The minimum Gasteiger partial charge on any atom is -0.493 e. The van der Waals surface area contributed by atoms with E-state index in [1.807, 2.05) is 32.0 Å². The third-order valence-electron chi connectivity index (χ3n) is 5.79. The highest BCUT2D eigenvalue weighted by Crippen LogP contribution is 2.50. The van der Waals surface area contributed by atoms with Gasteiger partial charge in [-0.3, -0.25) is 4.79 Å². The van der Waals surface area contributed by atoms with E-state index in [2.05, 4.69) is 5.32 Å². The van der Waals surface area contributed by atoms with Gasteiger partial charge in [-0.1, -0.05) is 38.1 Å². The molecule has 2 heterocycles. The molecule has 2 aliphatic heterocycles. The number of amides is 1. The number of para-hydroxylation sites is 1. The summed E-state index contributed by atoms with van der Waals surface area (Å²) in [7, 11) is -2.37. The molecule has 0 saturated carbocycles. The smallest absolute Gasteiger partial charge is 0.242 e. The quantitative estimate of drug-likeness (QED) is 0.828. The molecule has 3 atom stereocenters. The van der Waals surface area contributed by atoms with Crippen LogP contribution in [0, 0.1) is 0 Å². The number of sulfone groups is 1. The van der Waals surface area contributed by atoms with Crippen LogP contribution >= 0.6 is 0 Å². The van der Waals surface area contributed by atoms with E-state index in [1.165, 1.54) is 7.11 Å². The highest BCUT2D eigenvalue weighted by atomic mass is 32.2. The van der Waals surface area contributed by atoms with Gasteiger partial charge >= 0.3 is 0 Å². The fourth-order valence-electron chi connectivity index (χ4n) is 4.30. The third kappa shape index (κ3) is 3.17. The molecule has 1 amide bonds. The van der Waals surface area contributed by atoms with Gasteiger partial charge in [0, 0.05) is 17.9 Å². The molecule has 0 unspecified atom stereocenters. The van der Waals surface area contributed by atoms with E-state index in [9.17, 15) is 13.2 Å². The van der Waals surface area contributed by atoms with E-state index in [4.69, 9.17) is 9.47 Å². The molecular weight excluding hydrogens is 390 g/mol. The van der Waals surface area contributed by atoms with Crippen molar-refractivity contribution in [3.63, 3.8) is 0 Å². The molecule has 0 spiro atoms. The summed E-state index contributed by atoms with van der Waals surface area (Å²) in [4.78, 5) is 13.1. The van der Waals surface area contributed by atoms with Crippen LogP contribution in [-0.2, 0) is 14.6 Å². The van der Waals surface area contributed by atoms with Gasteiger partial charge < -0.3 is 14.8 Å². The maximum absolute atomic E-state index is 13.5. The Hall–Kier alpha value is -2.54. The number of rotatable bonds is 4. The Morgan fingerprint density at radius 1 is 1.17 bits per heavy atom. The number of ether oxygens (including phenoxy) is 2. The minimum absolute atomic E-state index is 0.154. The lowest BCUT2D eigenvalue weighted by atomic mass is 9.81. The fourth-order valence-corrected chi connectivity index (χ4v) is 6.12. The third-order valence-corrected chi connectivity index (χ3v) is 7.93. The van der Waals surface area contributed by atoms with Crippen LogP contribution in [0.3, 0.4) is 0 Å². The summed E-state index contributed by atoms with van der Waals surface area (Å²) in [6.07, 6.45) is 0.368. The SMILES string of the molecule is COc1cccc2c1O[C@@]1(C)C[C@H]2[C@@H](S(=O)(=O)c2ccc(C(C)C)cc2)C(=O)N1. The van der Waals surface area contributed by atoms with Crippen molar-refractivity contribution in [1.82, 2.24) is 5.32 Å². The Bertz CT molecular complexity index is 1060. The molecule has 0 radical (unpaired) electrons. The van der Waals surface area contributed by atoms with Gasteiger partial charge in [0.1, 0.15) is 0 Å². The van der Waals surface area contributed by atoms with Crippen molar-refractivity contribution in [2.24, 2.45) is 0 Å². The van der Waals surface area contributed by atoms with Crippen molar-refractivity contribution in [1.29, 1.82) is 0 Å². The molecule has 2 aliphatic rings. The monoisotopic (exact) mass is 415 g/mol. The zero-order valence-electron chi connectivity index (χ0n) is 16.9. The van der Waals surface area contributed by atoms with Crippen LogP contribution in [0.15, 0.2) is 47.4 Å². The average molecular weight is 416 g/mol. The molecule has 1 N–H and O–H groups in total. The highest BCUT2D eigenvalue weighted by Gasteiger charge is 2.54. The number of nitrogens with one attached hydrogen (secondary N) is 1. The molecule has 7 heteroatoms. The highest BCUT2D eigenvalue weighted by molar-refractivity contribution is 7.92. The lowest BCUT2D eigenvalue weighted by Crippen LogP contribution is -2.63. The van der Waals surface area contributed by atoms with Gasteiger partial charge in [-0.2, -0.15) is 0 Å². The summed E-state index contributed by atoms with van der Waals surface area (Å²) in [6, 6.07) is 12.2. The molecule has 1 fully saturated rings. The Morgan fingerprint density at radius 3 is 2.48 bits per heavy atom. The van der Waals surface area contributed by atoms with Gasteiger partial charge in [-0.25, -0.2) is 8.42 Å². The molecular formula is C22H25NO5S. The van der Waals surface area contributed by atoms with E-state index in [0.29, 0.717) is 29.4 Å². The average Bonchev–Trinajstić information content (AvgIpc) is 2.66. The van der Waals surface area contributed by atoms with E-state index >= 15 is 0 Å². The van der Waals surface area contributed by atoms with Crippen molar-refractivity contribution in [2.75, 3.05) is 7.11 Å².